The Kier molecular flexibility index (Phi) is 4.40. The molecular weight excluding hydrogens is 354 g/mol. The molecular formula is C16H15N7O2S. The summed E-state index contributed by atoms with van der Waals surface area (Å²) in [4.78, 5) is 36.2. The highest BCUT2D eigenvalue weighted by molar-refractivity contribution is 7.13. The van der Waals surface area contributed by atoms with Crippen molar-refractivity contribution in [1.29, 1.82) is 0 Å². The molecule has 10 heteroatoms. The Balaban J connectivity index is 1.32. The van der Waals surface area contributed by atoms with Gasteiger partial charge in [-0.2, -0.15) is 5.10 Å². The normalized spacial score (nSPS) is 13.4. The molecule has 2 N–H and O–H groups in total. The van der Waals surface area contributed by atoms with Gasteiger partial charge in [-0.1, -0.05) is 0 Å². The molecule has 0 spiro atoms. The molecule has 1 saturated carbocycles. The SMILES string of the molecule is O=C(Cc1csc(NC(=O)C2CC2)n1)Nc1ccc(-n2cncn2)nc1. The van der Waals surface area contributed by atoms with Crippen LogP contribution in [0.1, 0.15) is 18.5 Å². The molecule has 0 aromatic carbocycles. The number of amides is 2. The van der Waals surface area contributed by atoms with Gasteiger partial charge in [0.05, 0.1) is 24.0 Å². The molecule has 1 fully saturated rings. The van der Waals surface area contributed by atoms with Gasteiger partial charge in [-0.05, 0) is 25.0 Å². The molecule has 0 aliphatic heterocycles. The molecule has 26 heavy (non-hydrogen) atoms. The van der Waals surface area contributed by atoms with Gasteiger partial charge >= 0.3 is 0 Å². The summed E-state index contributed by atoms with van der Waals surface area (Å²) in [5.74, 6) is 0.536. The molecule has 3 aromatic heterocycles. The van der Waals surface area contributed by atoms with Crippen molar-refractivity contribution in [2.75, 3.05) is 10.6 Å². The third-order valence-corrected chi connectivity index (χ3v) is 4.56. The van der Waals surface area contributed by atoms with E-state index in [9.17, 15) is 9.59 Å². The molecule has 132 valence electrons. The highest BCUT2D eigenvalue weighted by Gasteiger charge is 2.30. The van der Waals surface area contributed by atoms with E-state index in [0.29, 0.717) is 22.3 Å². The second kappa shape index (κ2) is 7.00. The predicted molar refractivity (Wildman–Crippen MR) is 95.0 cm³/mol. The van der Waals surface area contributed by atoms with E-state index >= 15 is 0 Å². The topological polar surface area (TPSA) is 115 Å². The summed E-state index contributed by atoms with van der Waals surface area (Å²) >= 11 is 1.32. The van der Waals surface area contributed by atoms with Gasteiger partial charge in [-0.25, -0.2) is 19.6 Å². The molecule has 0 saturated heterocycles. The van der Waals surface area contributed by atoms with Gasteiger partial charge < -0.3 is 10.6 Å². The lowest BCUT2D eigenvalue weighted by molar-refractivity contribution is -0.117. The summed E-state index contributed by atoms with van der Waals surface area (Å²) in [6.07, 6.45) is 6.53. The van der Waals surface area contributed by atoms with Gasteiger partial charge in [-0.3, -0.25) is 9.59 Å². The zero-order chi connectivity index (χ0) is 17.9. The number of nitrogens with one attached hydrogen (secondary N) is 2. The van der Waals surface area contributed by atoms with Crippen molar-refractivity contribution in [3.63, 3.8) is 0 Å². The Labute approximate surface area is 152 Å². The van der Waals surface area contributed by atoms with E-state index in [1.54, 1.807) is 30.0 Å². The fourth-order valence-corrected chi connectivity index (χ4v) is 3.00. The highest BCUT2D eigenvalue weighted by atomic mass is 32.1. The molecule has 3 heterocycles. The summed E-state index contributed by atoms with van der Waals surface area (Å²) in [5.41, 5.74) is 1.20. The van der Waals surface area contributed by atoms with E-state index < -0.39 is 0 Å². The summed E-state index contributed by atoms with van der Waals surface area (Å²) in [5, 5.41) is 11.8. The number of nitrogens with zero attached hydrogens (tertiary/aromatic N) is 5. The number of aromatic nitrogens is 5. The molecule has 4 rings (SSSR count). The van der Waals surface area contributed by atoms with E-state index in [0.717, 1.165) is 12.8 Å². The minimum Gasteiger partial charge on any atom is -0.324 e. The lowest BCUT2D eigenvalue weighted by Crippen LogP contribution is -2.15. The van der Waals surface area contributed by atoms with Crippen molar-refractivity contribution < 1.29 is 9.59 Å². The van der Waals surface area contributed by atoms with E-state index in [1.165, 1.54) is 22.3 Å². The lowest BCUT2D eigenvalue weighted by Gasteiger charge is -2.05. The standard InChI is InChI=1S/C16H15N7O2S/c24-14(5-12-7-26-16(21-12)22-15(25)10-1-2-10)20-11-3-4-13(18-6-11)23-9-17-8-19-23/h3-4,6-10H,1-2,5H2,(H,20,24)(H,21,22,25). The van der Waals surface area contributed by atoms with Gasteiger partial charge in [0, 0.05) is 11.3 Å². The maximum absolute atomic E-state index is 12.2. The second-order valence-corrected chi connectivity index (χ2v) is 6.74. The maximum Gasteiger partial charge on any atom is 0.230 e. The summed E-state index contributed by atoms with van der Waals surface area (Å²) in [6.45, 7) is 0. The Morgan fingerprint density at radius 1 is 1.27 bits per heavy atom. The average molecular weight is 369 g/mol. The molecule has 3 aromatic rings. The van der Waals surface area contributed by atoms with Crippen LogP contribution < -0.4 is 10.6 Å². The fourth-order valence-electron chi connectivity index (χ4n) is 2.29. The highest BCUT2D eigenvalue weighted by Crippen LogP contribution is 2.30. The quantitative estimate of drug-likeness (QED) is 0.683. The average Bonchev–Trinajstić information content (AvgIpc) is 3.17. The first-order valence-corrected chi connectivity index (χ1v) is 8.91. The Morgan fingerprint density at radius 2 is 2.15 bits per heavy atom. The number of hydrogen-bond acceptors (Lipinski definition) is 7. The van der Waals surface area contributed by atoms with Crippen molar-refractivity contribution in [2.24, 2.45) is 5.92 Å². The second-order valence-electron chi connectivity index (χ2n) is 5.88. The molecule has 0 radical (unpaired) electrons. The van der Waals surface area contributed by atoms with E-state index in [-0.39, 0.29) is 24.2 Å². The van der Waals surface area contributed by atoms with Crippen LogP contribution in [-0.4, -0.2) is 36.5 Å². The minimum absolute atomic E-state index is 0.00824. The van der Waals surface area contributed by atoms with Gasteiger partial charge in [0.15, 0.2) is 10.9 Å². The van der Waals surface area contributed by atoms with Crippen LogP contribution in [0.2, 0.25) is 0 Å². The minimum atomic E-state index is -0.203. The van der Waals surface area contributed by atoms with E-state index in [1.807, 2.05) is 0 Å². The van der Waals surface area contributed by atoms with Gasteiger partial charge in [0.1, 0.15) is 12.7 Å². The van der Waals surface area contributed by atoms with Crippen molar-refractivity contribution >= 4 is 34.0 Å². The van der Waals surface area contributed by atoms with Crippen LogP contribution in [0.3, 0.4) is 0 Å². The molecule has 1 aliphatic rings. The van der Waals surface area contributed by atoms with Crippen molar-refractivity contribution in [2.45, 2.75) is 19.3 Å². The molecule has 0 unspecified atom stereocenters. The van der Waals surface area contributed by atoms with Crippen LogP contribution in [-0.2, 0) is 16.0 Å². The number of carbonyl (C=O) groups excluding carboxylic acids is 2. The lowest BCUT2D eigenvalue weighted by atomic mass is 10.3. The number of pyridine rings is 1. The van der Waals surface area contributed by atoms with Gasteiger partial charge in [0.25, 0.3) is 0 Å². The largest absolute Gasteiger partial charge is 0.324 e. The van der Waals surface area contributed by atoms with Crippen LogP contribution in [0.5, 0.6) is 0 Å². The first kappa shape index (κ1) is 16.3. The zero-order valence-corrected chi connectivity index (χ0v) is 14.4. The number of anilines is 2. The van der Waals surface area contributed by atoms with Gasteiger partial charge in [-0.15, -0.1) is 11.3 Å². The summed E-state index contributed by atoms with van der Waals surface area (Å²) in [7, 11) is 0. The summed E-state index contributed by atoms with van der Waals surface area (Å²) in [6, 6.07) is 3.48. The molecule has 1 aliphatic carbocycles. The van der Waals surface area contributed by atoms with Crippen LogP contribution in [0, 0.1) is 5.92 Å². The smallest absolute Gasteiger partial charge is 0.230 e. The zero-order valence-electron chi connectivity index (χ0n) is 13.6. The number of carbonyl (C=O) groups is 2. The molecule has 0 atom stereocenters. The predicted octanol–water partition coefficient (Wildman–Crippen LogP) is 1.65. The van der Waals surface area contributed by atoms with E-state index in [4.69, 9.17) is 0 Å². The van der Waals surface area contributed by atoms with Crippen LogP contribution in [0.4, 0.5) is 10.8 Å². The summed E-state index contributed by atoms with van der Waals surface area (Å²) < 4.78 is 1.53. The molecule has 9 nitrogen and oxygen atoms in total. The first-order chi connectivity index (χ1) is 12.7. The Morgan fingerprint density at radius 3 is 2.85 bits per heavy atom. The van der Waals surface area contributed by atoms with Crippen LogP contribution in [0.15, 0.2) is 36.4 Å². The van der Waals surface area contributed by atoms with Gasteiger partial charge in [0.2, 0.25) is 11.8 Å². The van der Waals surface area contributed by atoms with Crippen molar-refractivity contribution in [3.05, 3.63) is 42.1 Å². The molecule has 2 amide bonds. The Bertz CT molecular complexity index is 916. The monoisotopic (exact) mass is 369 g/mol. The van der Waals surface area contributed by atoms with Crippen LogP contribution >= 0.6 is 11.3 Å². The number of rotatable bonds is 6. The third-order valence-electron chi connectivity index (χ3n) is 3.76. The maximum atomic E-state index is 12.2. The van der Waals surface area contributed by atoms with Crippen LogP contribution in [0.25, 0.3) is 5.82 Å². The molecule has 0 bridgehead atoms. The fraction of sp³-hybridized carbons (Fsp3) is 0.250. The van der Waals surface area contributed by atoms with E-state index in [2.05, 4.69) is 30.7 Å². The first-order valence-electron chi connectivity index (χ1n) is 8.03. The Hall–Kier alpha value is -3.14. The van der Waals surface area contributed by atoms with Crippen molar-refractivity contribution in [3.8, 4) is 5.82 Å². The number of hydrogen-bond donors (Lipinski definition) is 2. The number of thiazole rings is 1. The van der Waals surface area contributed by atoms with Crippen molar-refractivity contribution in [1.82, 2.24) is 24.7 Å². The third kappa shape index (κ3) is 3.91.